The summed E-state index contributed by atoms with van der Waals surface area (Å²) in [6, 6.07) is 11.7. The molecular formula is C20H22FNO3. The van der Waals surface area contributed by atoms with Crippen molar-refractivity contribution in [2.24, 2.45) is 0 Å². The maximum Gasteiger partial charge on any atom is 0.326 e. The topological polar surface area (TPSA) is 66.4 Å². The number of halogens is 1. The summed E-state index contributed by atoms with van der Waals surface area (Å²) in [7, 11) is 0. The number of benzene rings is 2. The highest BCUT2D eigenvalue weighted by molar-refractivity contribution is 5.96. The molecule has 132 valence electrons. The van der Waals surface area contributed by atoms with Gasteiger partial charge in [-0.2, -0.15) is 0 Å². The molecule has 0 aromatic heterocycles. The van der Waals surface area contributed by atoms with Gasteiger partial charge in [-0.1, -0.05) is 51.1 Å². The zero-order valence-corrected chi connectivity index (χ0v) is 14.5. The molecule has 5 heteroatoms. The average Bonchev–Trinajstić information content (AvgIpc) is 2.53. The second kappa shape index (κ2) is 7.47. The Bertz CT molecular complexity index is 763. The lowest BCUT2D eigenvalue weighted by Crippen LogP contribution is -2.42. The maximum absolute atomic E-state index is 13.2. The number of nitrogens with one attached hydrogen (secondary N) is 1. The minimum absolute atomic E-state index is 0.0102. The Hall–Kier alpha value is -2.69. The van der Waals surface area contributed by atoms with Crippen molar-refractivity contribution < 1.29 is 19.1 Å². The molecule has 0 radical (unpaired) electrons. The average molecular weight is 343 g/mol. The monoisotopic (exact) mass is 343 g/mol. The van der Waals surface area contributed by atoms with Crippen LogP contribution >= 0.6 is 0 Å². The number of aliphatic carboxylic acids is 1. The van der Waals surface area contributed by atoms with Gasteiger partial charge >= 0.3 is 5.97 Å². The summed E-state index contributed by atoms with van der Waals surface area (Å²) in [5, 5.41) is 11.8. The molecular weight excluding hydrogens is 321 g/mol. The quantitative estimate of drug-likeness (QED) is 0.872. The maximum atomic E-state index is 13.2. The molecule has 1 atom stereocenters. The number of carboxylic acids is 1. The largest absolute Gasteiger partial charge is 0.480 e. The number of carbonyl (C=O) groups is 2. The second-order valence-electron chi connectivity index (χ2n) is 7.03. The van der Waals surface area contributed by atoms with Crippen LogP contribution in [-0.4, -0.2) is 23.0 Å². The lowest BCUT2D eigenvalue weighted by atomic mass is 9.86. The van der Waals surface area contributed by atoms with Gasteiger partial charge in [0.05, 0.1) is 0 Å². The normalized spacial score (nSPS) is 12.5. The zero-order chi connectivity index (χ0) is 18.6. The molecule has 0 spiro atoms. The van der Waals surface area contributed by atoms with Gasteiger partial charge in [-0.15, -0.1) is 0 Å². The summed E-state index contributed by atoms with van der Waals surface area (Å²) < 4.78 is 13.2. The molecule has 2 aromatic carbocycles. The number of carbonyl (C=O) groups excluding carboxylic acids is 1. The first-order chi connectivity index (χ1) is 11.7. The van der Waals surface area contributed by atoms with Gasteiger partial charge in [-0.25, -0.2) is 9.18 Å². The van der Waals surface area contributed by atoms with E-state index in [2.05, 4.69) is 26.1 Å². The summed E-state index contributed by atoms with van der Waals surface area (Å²) >= 11 is 0. The van der Waals surface area contributed by atoms with Crippen molar-refractivity contribution in [3.8, 4) is 0 Å². The van der Waals surface area contributed by atoms with Crippen molar-refractivity contribution in [1.82, 2.24) is 5.32 Å². The van der Waals surface area contributed by atoms with Crippen molar-refractivity contribution in [3.05, 3.63) is 71.0 Å². The fraction of sp³-hybridized carbons (Fsp3) is 0.300. The molecule has 0 aliphatic heterocycles. The Morgan fingerprint density at radius 2 is 1.76 bits per heavy atom. The predicted molar refractivity (Wildman–Crippen MR) is 94.1 cm³/mol. The SMILES string of the molecule is CC(C)(C)c1ccc(C[C@H](NC(=O)c2cccc(F)c2)C(=O)O)cc1. The molecule has 4 nitrogen and oxygen atoms in total. The van der Waals surface area contributed by atoms with Gasteiger partial charge in [0.1, 0.15) is 11.9 Å². The first kappa shape index (κ1) is 18.6. The predicted octanol–water partition coefficient (Wildman–Crippen LogP) is 3.55. The third-order valence-electron chi connectivity index (χ3n) is 3.95. The molecule has 0 fully saturated rings. The van der Waals surface area contributed by atoms with Gasteiger partial charge in [0.25, 0.3) is 5.91 Å². The van der Waals surface area contributed by atoms with Gasteiger partial charge < -0.3 is 10.4 Å². The van der Waals surface area contributed by atoms with E-state index in [-0.39, 0.29) is 17.4 Å². The number of amides is 1. The highest BCUT2D eigenvalue weighted by Crippen LogP contribution is 2.22. The van der Waals surface area contributed by atoms with Crippen LogP contribution in [-0.2, 0) is 16.6 Å². The Morgan fingerprint density at radius 1 is 1.12 bits per heavy atom. The minimum atomic E-state index is -1.13. The summed E-state index contributed by atoms with van der Waals surface area (Å²) in [6.07, 6.45) is 0.154. The Kier molecular flexibility index (Phi) is 5.57. The number of carboxylic acid groups (broad SMARTS) is 1. The molecule has 0 saturated carbocycles. The third kappa shape index (κ3) is 5.14. The first-order valence-corrected chi connectivity index (χ1v) is 8.05. The van der Waals surface area contributed by atoms with Crippen LogP contribution in [0, 0.1) is 5.82 Å². The van der Waals surface area contributed by atoms with Crippen LogP contribution in [0.5, 0.6) is 0 Å². The van der Waals surface area contributed by atoms with Crippen LogP contribution in [0.4, 0.5) is 4.39 Å². The number of hydrogen-bond acceptors (Lipinski definition) is 2. The van der Waals surface area contributed by atoms with Crippen LogP contribution in [0.1, 0.15) is 42.3 Å². The van der Waals surface area contributed by atoms with E-state index in [1.807, 2.05) is 24.3 Å². The van der Waals surface area contributed by atoms with E-state index in [4.69, 9.17) is 0 Å². The molecule has 0 heterocycles. The van der Waals surface area contributed by atoms with Crippen LogP contribution in [0.3, 0.4) is 0 Å². The van der Waals surface area contributed by atoms with Gasteiger partial charge in [0.15, 0.2) is 0 Å². The smallest absolute Gasteiger partial charge is 0.326 e. The first-order valence-electron chi connectivity index (χ1n) is 8.05. The van der Waals surface area contributed by atoms with E-state index >= 15 is 0 Å². The highest BCUT2D eigenvalue weighted by atomic mass is 19.1. The molecule has 0 bridgehead atoms. The molecule has 2 rings (SSSR count). The highest BCUT2D eigenvalue weighted by Gasteiger charge is 2.22. The Morgan fingerprint density at radius 3 is 2.28 bits per heavy atom. The number of rotatable bonds is 5. The van der Waals surface area contributed by atoms with Gasteiger partial charge in [-0.3, -0.25) is 4.79 Å². The van der Waals surface area contributed by atoms with Crippen LogP contribution < -0.4 is 5.32 Å². The van der Waals surface area contributed by atoms with E-state index in [9.17, 15) is 19.1 Å². The minimum Gasteiger partial charge on any atom is -0.480 e. The molecule has 0 aliphatic carbocycles. The molecule has 0 saturated heterocycles. The van der Waals surface area contributed by atoms with Crippen LogP contribution in [0.15, 0.2) is 48.5 Å². The lowest BCUT2D eigenvalue weighted by Gasteiger charge is -2.20. The molecule has 2 N–H and O–H groups in total. The van der Waals surface area contributed by atoms with Gasteiger partial charge in [-0.05, 0) is 34.7 Å². The zero-order valence-electron chi connectivity index (χ0n) is 14.5. The molecule has 0 unspecified atom stereocenters. The van der Waals surface area contributed by atoms with Crippen molar-refractivity contribution in [3.63, 3.8) is 0 Å². The van der Waals surface area contributed by atoms with Gasteiger partial charge in [0.2, 0.25) is 0 Å². The van der Waals surface area contributed by atoms with Crippen LogP contribution in [0.25, 0.3) is 0 Å². The standard InChI is InChI=1S/C20H22FNO3/c1-20(2,3)15-9-7-13(8-10-15)11-17(19(24)25)22-18(23)14-5-4-6-16(21)12-14/h4-10,12,17H,11H2,1-3H3,(H,22,23)(H,24,25)/t17-/m0/s1. The van der Waals surface area contributed by atoms with Crippen molar-refractivity contribution in [2.45, 2.75) is 38.6 Å². The van der Waals surface area contributed by atoms with E-state index in [1.54, 1.807) is 0 Å². The van der Waals surface area contributed by atoms with Crippen LogP contribution in [0.2, 0.25) is 0 Å². The van der Waals surface area contributed by atoms with E-state index in [1.165, 1.54) is 18.2 Å². The van der Waals surface area contributed by atoms with Crippen molar-refractivity contribution >= 4 is 11.9 Å². The fourth-order valence-electron chi connectivity index (χ4n) is 2.45. The summed E-state index contributed by atoms with van der Waals surface area (Å²) in [5.74, 6) is -2.29. The fourth-order valence-corrected chi connectivity index (χ4v) is 2.45. The van der Waals surface area contributed by atoms with Crippen molar-refractivity contribution in [2.75, 3.05) is 0 Å². The lowest BCUT2D eigenvalue weighted by molar-refractivity contribution is -0.139. The summed E-state index contributed by atoms with van der Waals surface area (Å²) in [6.45, 7) is 6.30. The molecule has 25 heavy (non-hydrogen) atoms. The Balaban J connectivity index is 2.11. The summed E-state index contributed by atoms with van der Waals surface area (Å²) in [5.41, 5.74) is 2.05. The number of hydrogen-bond donors (Lipinski definition) is 2. The van der Waals surface area contributed by atoms with E-state index in [0.29, 0.717) is 0 Å². The van der Waals surface area contributed by atoms with Gasteiger partial charge in [0, 0.05) is 12.0 Å². The second-order valence-corrected chi connectivity index (χ2v) is 7.03. The van der Waals surface area contributed by atoms with E-state index in [0.717, 1.165) is 17.2 Å². The van der Waals surface area contributed by atoms with Crippen molar-refractivity contribution in [1.29, 1.82) is 0 Å². The molecule has 1 amide bonds. The summed E-state index contributed by atoms with van der Waals surface area (Å²) in [4.78, 5) is 23.6. The van der Waals surface area contributed by atoms with E-state index < -0.39 is 23.7 Å². The molecule has 2 aromatic rings. The third-order valence-corrected chi connectivity index (χ3v) is 3.95. The Labute approximate surface area is 146 Å². The molecule has 0 aliphatic rings.